The second-order valence-electron chi connectivity index (χ2n) is 5.40. The number of hydrogen-bond donors (Lipinski definition) is 1. The topological polar surface area (TPSA) is 12.0 Å². The highest BCUT2D eigenvalue weighted by Crippen LogP contribution is 2.39. The van der Waals surface area contributed by atoms with Gasteiger partial charge in [0.1, 0.15) is 5.82 Å². The molecular weight excluding hydrogens is 353 g/mol. The van der Waals surface area contributed by atoms with Crippen LogP contribution in [0, 0.1) is 5.82 Å². The van der Waals surface area contributed by atoms with Crippen LogP contribution < -0.4 is 5.32 Å². The molecule has 0 amide bonds. The molecule has 21 heavy (non-hydrogen) atoms. The first-order valence-electron chi connectivity index (χ1n) is 7.07. The van der Waals surface area contributed by atoms with Crippen molar-refractivity contribution < 1.29 is 4.39 Å². The van der Waals surface area contributed by atoms with Crippen molar-refractivity contribution in [2.45, 2.75) is 18.3 Å². The standard InChI is InChI=1S/C17H16BrClFN/c18-15-9-11(5-6-16(15)19)12-7-8-21-10-14(12)13-3-1-2-4-17(13)20/h1-6,9,12,14,21H,7-8,10H2. The second kappa shape index (κ2) is 6.47. The number of hydrogen-bond acceptors (Lipinski definition) is 1. The smallest absolute Gasteiger partial charge is 0.126 e. The van der Waals surface area contributed by atoms with Gasteiger partial charge in [0.25, 0.3) is 0 Å². The summed E-state index contributed by atoms with van der Waals surface area (Å²) in [4.78, 5) is 0. The van der Waals surface area contributed by atoms with Crippen molar-refractivity contribution in [2.24, 2.45) is 0 Å². The first kappa shape index (κ1) is 15.0. The zero-order valence-corrected chi connectivity index (χ0v) is 13.8. The van der Waals surface area contributed by atoms with Crippen molar-refractivity contribution in [1.82, 2.24) is 5.32 Å². The second-order valence-corrected chi connectivity index (χ2v) is 6.66. The first-order chi connectivity index (χ1) is 10.2. The molecule has 2 aromatic carbocycles. The lowest BCUT2D eigenvalue weighted by Crippen LogP contribution is -2.34. The summed E-state index contributed by atoms with van der Waals surface area (Å²) in [7, 11) is 0. The fraction of sp³-hybridized carbons (Fsp3) is 0.294. The number of benzene rings is 2. The molecule has 1 aliphatic rings. The van der Waals surface area contributed by atoms with Crippen molar-refractivity contribution in [1.29, 1.82) is 0 Å². The van der Waals surface area contributed by atoms with E-state index in [9.17, 15) is 4.39 Å². The number of piperidine rings is 1. The van der Waals surface area contributed by atoms with Crippen LogP contribution in [0.4, 0.5) is 4.39 Å². The molecule has 110 valence electrons. The first-order valence-corrected chi connectivity index (χ1v) is 8.24. The van der Waals surface area contributed by atoms with Crippen LogP contribution >= 0.6 is 27.5 Å². The molecule has 1 N–H and O–H groups in total. The molecular formula is C17H16BrClFN. The highest BCUT2D eigenvalue weighted by molar-refractivity contribution is 9.10. The summed E-state index contributed by atoms with van der Waals surface area (Å²) >= 11 is 9.56. The minimum Gasteiger partial charge on any atom is -0.316 e. The Bertz CT molecular complexity index is 646. The van der Waals surface area contributed by atoms with Crippen LogP contribution in [-0.4, -0.2) is 13.1 Å². The number of halogens is 3. The van der Waals surface area contributed by atoms with Gasteiger partial charge in [-0.25, -0.2) is 4.39 Å². The van der Waals surface area contributed by atoms with Gasteiger partial charge in [0, 0.05) is 16.9 Å². The quantitative estimate of drug-likeness (QED) is 0.777. The van der Waals surface area contributed by atoms with E-state index in [1.165, 1.54) is 5.56 Å². The van der Waals surface area contributed by atoms with Gasteiger partial charge in [0.2, 0.25) is 0 Å². The van der Waals surface area contributed by atoms with E-state index in [4.69, 9.17) is 11.6 Å². The van der Waals surface area contributed by atoms with Crippen LogP contribution in [0.5, 0.6) is 0 Å². The largest absolute Gasteiger partial charge is 0.316 e. The van der Waals surface area contributed by atoms with Crippen molar-refractivity contribution in [3.63, 3.8) is 0 Å². The fourth-order valence-electron chi connectivity index (χ4n) is 3.10. The van der Waals surface area contributed by atoms with Gasteiger partial charge in [-0.05, 0) is 64.1 Å². The predicted molar refractivity (Wildman–Crippen MR) is 88.5 cm³/mol. The highest BCUT2D eigenvalue weighted by Gasteiger charge is 2.29. The third-order valence-electron chi connectivity index (χ3n) is 4.16. The Morgan fingerprint density at radius 1 is 1.14 bits per heavy atom. The molecule has 2 aromatic rings. The maximum absolute atomic E-state index is 14.1. The van der Waals surface area contributed by atoms with E-state index in [1.807, 2.05) is 18.2 Å². The van der Waals surface area contributed by atoms with Crippen LogP contribution in [0.25, 0.3) is 0 Å². The molecule has 0 bridgehead atoms. The van der Waals surface area contributed by atoms with Gasteiger partial charge in [-0.3, -0.25) is 0 Å². The van der Waals surface area contributed by atoms with Gasteiger partial charge >= 0.3 is 0 Å². The molecule has 0 aliphatic carbocycles. The third-order valence-corrected chi connectivity index (χ3v) is 5.37. The minimum absolute atomic E-state index is 0.121. The molecule has 0 radical (unpaired) electrons. The molecule has 2 unspecified atom stereocenters. The average Bonchev–Trinajstić information content (AvgIpc) is 2.51. The zero-order chi connectivity index (χ0) is 14.8. The Hall–Kier alpha value is -0.900. The van der Waals surface area contributed by atoms with E-state index in [1.54, 1.807) is 12.1 Å². The van der Waals surface area contributed by atoms with E-state index >= 15 is 0 Å². The zero-order valence-electron chi connectivity index (χ0n) is 11.5. The van der Waals surface area contributed by atoms with Crippen LogP contribution in [0.15, 0.2) is 46.9 Å². The SMILES string of the molecule is Fc1ccccc1C1CNCCC1c1ccc(Cl)c(Br)c1. The van der Waals surface area contributed by atoms with Crippen molar-refractivity contribution in [3.8, 4) is 0 Å². The third kappa shape index (κ3) is 3.15. The molecule has 1 fully saturated rings. The summed E-state index contributed by atoms with van der Waals surface area (Å²) in [6.45, 7) is 1.75. The maximum Gasteiger partial charge on any atom is 0.126 e. The monoisotopic (exact) mass is 367 g/mol. The molecule has 0 spiro atoms. The van der Waals surface area contributed by atoms with E-state index in [-0.39, 0.29) is 11.7 Å². The Kier molecular flexibility index (Phi) is 4.63. The average molecular weight is 369 g/mol. The van der Waals surface area contributed by atoms with Crippen molar-refractivity contribution in [3.05, 3.63) is 68.9 Å². The fourth-order valence-corrected chi connectivity index (χ4v) is 3.62. The van der Waals surface area contributed by atoms with Gasteiger partial charge < -0.3 is 5.32 Å². The van der Waals surface area contributed by atoms with Crippen LogP contribution in [0.1, 0.15) is 29.4 Å². The lowest BCUT2D eigenvalue weighted by molar-refractivity contribution is 0.393. The molecule has 4 heteroatoms. The van der Waals surface area contributed by atoms with Crippen molar-refractivity contribution >= 4 is 27.5 Å². The number of rotatable bonds is 2. The van der Waals surface area contributed by atoms with Crippen LogP contribution in [0.2, 0.25) is 5.02 Å². The Morgan fingerprint density at radius 3 is 2.71 bits per heavy atom. The normalized spacial score (nSPS) is 22.2. The Labute approximate surface area is 137 Å². The summed E-state index contributed by atoms with van der Waals surface area (Å²) in [5.74, 6) is 0.328. The minimum atomic E-state index is -0.121. The Morgan fingerprint density at radius 2 is 1.95 bits per heavy atom. The van der Waals surface area contributed by atoms with Gasteiger partial charge in [-0.1, -0.05) is 35.9 Å². The van der Waals surface area contributed by atoms with E-state index < -0.39 is 0 Å². The molecule has 0 aromatic heterocycles. The van der Waals surface area contributed by atoms with E-state index in [2.05, 4.69) is 33.4 Å². The number of nitrogens with one attached hydrogen (secondary N) is 1. The predicted octanol–water partition coefficient (Wildman–Crippen LogP) is 5.10. The Balaban J connectivity index is 1.98. The molecule has 1 nitrogen and oxygen atoms in total. The van der Waals surface area contributed by atoms with Gasteiger partial charge in [0.15, 0.2) is 0 Å². The molecule has 0 saturated carbocycles. The maximum atomic E-state index is 14.1. The van der Waals surface area contributed by atoms with Gasteiger partial charge in [-0.15, -0.1) is 0 Å². The van der Waals surface area contributed by atoms with Crippen LogP contribution in [-0.2, 0) is 0 Å². The lowest BCUT2D eigenvalue weighted by Gasteiger charge is -2.33. The van der Waals surface area contributed by atoms with E-state index in [0.717, 1.165) is 29.5 Å². The van der Waals surface area contributed by atoms with Gasteiger partial charge in [0.05, 0.1) is 5.02 Å². The summed E-state index contributed by atoms with van der Waals surface area (Å²) < 4.78 is 15.0. The molecule has 1 saturated heterocycles. The summed E-state index contributed by atoms with van der Waals surface area (Å²) in [6, 6.07) is 13.1. The molecule has 1 heterocycles. The molecule has 2 atom stereocenters. The van der Waals surface area contributed by atoms with E-state index in [0.29, 0.717) is 10.9 Å². The summed E-state index contributed by atoms with van der Waals surface area (Å²) in [6.07, 6.45) is 0.993. The molecule has 3 rings (SSSR count). The van der Waals surface area contributed by atoms with Crippen molar-refractivity contribution in [2.75, 3.05) is 13.1 Å². The lowest BCUT2D eigenvalue weighted by atomic mass is 9.77. The highest BCUT2D eigenvalue weighted by atomic mass is 79.9. The summed E-state index contributed by atoms with van der Waals surface area (Å²) in [5, 5.41) is 4.09. The summed E-state index contributed by atoms with van der Waals surface area (Å²) in [5.41, 5.74) is 2.00. The van der Waals surface area contributed by atoms with Gasteiger partial charge in [-0.2, -0.15) is 0 Å². The molecule has 1 aliphatic heterocycles. The van der Waals surface area contributed by atoms with Crippen LogP contribution in [0.3, 0.4) is 0 Å².